The second kappa shape index (κ2) is 16.0. The number of ketones is 3. The Bertz CT molecular complexity index is 1070. The molecule has 0 radical (unpaired) electrons. The van der Waals surface area contributed by atoms with E-state index < -0.39 is 69.6 Å². The summed E-state index contributed by atoms with van der Waals surface area (Å²) in [6.07, 6.45) is 0.336. The second-order valence-electron chi connectivity index (χ2n) is 17.0. The molecule has 3 fully saturated rings. The van der Waals surface area contributed by atoms with Crippen molar-refractivity contribution in [2.24, 2.45) is 0 Å². The number of hydrogen-bond donors (Lipinski definition) is 7. The monoisotopic (exact) mass is 705 g/mol. The van der Waals surface area contributed by atoms with Gasteiger partial charge in [0.25, 0.3) is 0 Å². The number of carbonyl (C=O) groups is 6. The Hall–Kier alpha value is -2.86. The Balaban J connectivity index is 0.000000627. The quantitative estimate of drug-likeness (QED) is 0.216. The van der Waals surface area contributed by atoms with Gasteiger partial charge in [-0.1, -0.05) is 0 Å². The number of nitrogens with zero attached hydrogens (tertiary/aromatic N) is 3. The first-order valence-corrected chi connectivity index (χ1v) is 16.0. The minimum Gasteiger partial charge on any atom is -0.481 e. The SMILES string of the molecule is CC1(C)CC(=O)CC(C)(C)N1O.CC1(C)CC(=O)CC(C)(C)N1O.CC1(C)CC(=O)CC(C)(C)N1O.O=C(O)CC(O)(CC(=O)O)C(=O)O. The van der Waals surface area contributed by atoms with Crippen molar-refractivity contribution in [3.05, 3.63) is 0 Å². The fraction of sp³-hybridized carbons (Fsp3) is 0.818. The second-order valence-corrected chi connectivity index (χ2v) is 17.0. The van der Waals surface area contributed by atoms with E-state index in [-0.39, 0.29) is 17.3 Å². The number of hydroxylamine groups is 6. The van der Waals surface area contributed by atoms with Crippen LogP contribution in [0, 0.1) is 0 Å². The molecule has 3 aliphatic rings. The molecule has 49 heavy (non-hydrogen) atoms. The van der Waals surface area contributed by atoms with Crippen molar-refractivity contribution in [1.82, 2.24) is 15.2 Å². The summed E-state index contributed by atoms with van der Waals surface area (Å²) in [5.74, 6) is -4.32. The van der Waals surface area contributed by atoms with Crippen LogP contribution in [-0.4, -0.2) is 125 Å². The van der Waals surface area contributed by atoms with Crippen molar-refractivity contribution in [2.45, 2.75) is 173 Å². The summed E-state index contributed by atoms with van der Waals surface area (Å²) in [6.45, 7) is 22.6. The summed E-state index contributed by atoms with van der Waals surface area (Å²) in [5, 5.41) is 67.0. The average Bonchev–Trinajstić information content (AvgIpc) is 2.83. The Kier molecular flexibility index (Phi) is 15.1. The van der Waals surface area contributed by atoms with Gasteiger partial charge in [-0.3, -0.25) is 24.0 Å². The van der Waals surface area contributed by atoms with Crippen LogP contribution in [0.5, 0.6) is 0 Å². The minimum atomic E-state index is -2.74. The highest BCUT2D eigenvalue weighted by molar-refractivity contribution is 5.88. The lowest BCUT2D eigenvalue weighted by atomic mass is 9.81. The number of rotatable bonds is 5. The van der Waals surface area contributed by atoms with Crippen LogP contribution in [0.15, 0.2) is 0 Å². The van der Waals surface area contributed by atoms with Crippen molar-refractivity contribution in [1.29, 1.82) is 0 Å². The van der Waals surface area contributed by atoms with E-state index in [0.717, 1.165) is 0 Å². The third-order valence-electron chi connectivity index (χ3n) is 8.50. The summed E-state index contributed by atoms with van der Waals surface area (Å²) in [4.78, 5) is 64.4. The first-order chi connectivity index (χ1) is 21.5. The van der Waals surface area contributed by atoms with Gasteiger partial charge >= 0.3 is 17.9 Å². The van der Waals surface area contributed by atoms with Crippen LogP contribution in [0.4, 0.5) is 0 Å². The van der Waals surface area contributed by atoms with Gasteiger partial charge in [0.05, 0.1) is 12.8 Å². The number of piperidine rings is 3. The van der Waals surface area contributed by atoms with Gasteiger partial charge in [0.15, 0.2) is 5.60 Å². The molecular formula is C33H59N3O13. The van der Waals surface area contributed by atoms with E-state index in [1.165, 1.54) is 15.2 Å². The number of carboxylic acid groups (broad SMARTS) is 3. The fourth-order valence-electron chi connectivity index (χ4n) is 6.70. The molecule has 3 saturated heterocycles. The van der Waals surface area contributed by atoms with Crippen LogP contribution in [0.25, 0.3) is 0 Å². The van der Waals surface area contributed by atoms with Gasteiger partial charge < -0.3 is 36.0 Å². The van der Waals surface area contributed by atoms with Crippen molar-refractivity contribution < 1.29 is 64.8 Å². The van der Waals surface area contributed by atoms with Crippen LogP contribution in [0.1, 0.15) is 134 Å². The highest BCUT2D eigenvalue weighted by Crippen LogP contribution is 2.36. The number of aliphatic hydroxyl groups is 1. The van der Waals surface area contributed by atoms with E-state index in [1.807, 2.05) is 83.1 Å². The summed E-state index contributed by atoms with van der Waals surface area (Å²) in [6, 6.07) is 0. The highest BCUT2D eigenvalue weighted by atomic mass is 16.5. The molecule has 0 aromatic carbocycles. The van der Waals surface area contributed by atoms with Crippen LogP contribution in [0.3, 0.4) is 0 Å². The molecule has 0 saturated carbocycles. The van der Waals surface area contributed by atoms with Gasteiger partial charge in [-0.15, -0.1) is 0 Å². The molecule has 0 aliphatic carbocycles. The smallest absolute Gasteiger partial charge is 0.336 e. The molecule has 0 spiro atoms. The predicted molar refractivity (Wildman–Crippen MR) is 175 cm³/mol. The maximum Gasteiger partial charge on any atom is 0.336 e. The van der Waals surface area contributed by atoms with Gasteiger partial charge in [0.1, 0.15) is 17.3 Å². The van der Waals surface area contributed by atoms with E-state index >= 15 is 0 Å². The fourth-order valence-corrected chi connectivity index (χ4v) is 6.70. The third kappa shape index (κ3) is 13.4. The summed E-state index contributed by atoms with van der Waals surface area (Å²) >= 11 is 0. The van der Waals surface area contributed by atoms with E-state index in [4.69, 9.17) is 20.4 Å². The Morgan fingerprint density at radius 1 is 0.490 bits per heavy atom. The number of carbonyl (C=O) groups excluding carboxylic acids is 3. The number of aliphatic carboxylic acids is 3. The van der Waals surface area contributed by atoms with E-state index in [0.29, 0.717) is 38.5 Å². The first-order valence-electron chi connectivity index (χ1n) is 16.0. The number of hydrogen-bond acceptors (Lipinski definition) is 13. The minimum absolute atomic E-state index is 0.232. The largest absolute Gasteiger partial charge is 0.481 e. The lowest BCUT2D eigenvalue weighted by molar-refractivity contribution is -0.237. The molecular weight excluding hydrogens is 646 g/mol. The highest BCUT2D eigenvalue weighted by Gasteiger charge is 2.46. The van der Waals surface area contributed by atoms with E-state index in [1.54, 1.807) is 0 Å². The van der Waals surface area contributed by atoms with E-state index in [2.05, 4.69) is 0 Å². The van der Waals surface area contributed by atoms with Crippen molar-refractivity contribution in [3.8, 4) is 0 Å². The van der Waals surface area contributed by atoms with Crippen LogP contribution < -0.4 is 0 Å². The topological polar surface area (TPSA) is 254 Å². The van der Waals surface area contributed by atoms with Crippen LogP contribution in [-0.2, 0) is 28.8 Å². The van der Waals surface area contributed by atoms with Gasteiger partial charge in [0, 0.05) is 71.8 Å². The first kappa shape index (κ1) is 46.1. The van der Waals surface area contributed by atoms with E-state index in [9.17, 15) is 44.4 Å². The lowest BCUT2D eigenvalue weighted by Gasteiger charge is -2.47. The maximum absolute atomic E-state index is 11.3. The predicted octanol–water partition coefficient (Wildman–Crippen LogP) is 3.54. The molecule has 16 heteroatoms. The molecule has 0 unspecified atom stereocenters. The normalized spacial score (nSPS) is 24.1. The maximum atomic E-state index is 11.3. The Morgan fingerprint density at radius 3 is 0.776 bits per heavy atom. The molecule has 0 amide bonds. The van der Waals surface area contributed by atoms with Crippen LogP contribution in [0.2, 0.25) is 0 Å². The summed E-state index contributed by atoms with van der Waals surface area (Å²) < 4.78 is 0. The van der Waals surface area contributed by atoms with Crippen LogP contribution >= 0.6 is 0 Å². The Morgan fingerprint density at radius 2 is 0.653 bits per heavy atom. The molecule has 0 bridgehead atoms. The zero-order chi connectivity index (χ0) is 39.4. The van der Waals surface area contributed by atoms with Gasteiger partial charge in [0.2, 0.25) is 0 Å². The zero-order valence-electron chi connectivity index (χ0n) is 31.1. The molecule has 284 valence electrons. The summed E-state index contributed by atoms with van der Waals surface area (Å²) in [5.41, 5.74) is -5.25. The standard InChI is InChI=1S/3C9H17NO2.C6H8O7/c3*1-8(2)5-7(11)6-9(3,4)10(8)12;7-3(8)1-6(13,5(11)12)2-4(9)10/h3*12H,5-6H2,1-4H3;13H,1-2H2,(H,7,8)(H,9,10)(H,11,12). The molecule has 16 nitrogen and oxygen atoms in total. The molecule has 0 atom stereocenters. The van der Waals surface area contributed by atoms with Gasteiger partial charge in [-0.25, -0.2) is 4.79 Å². The van der Waals surface area contributed by atoms with Gasteiger partial charge in [-0.05, 0) is 83.1 Å². The molecule has 3 heterocycles. The average molecular weight is 706 g/mol. The molecule has 3 aliphatic heterocycles. The Labute approximate surface area is 288 Å². The van der Waals surface area contributed by atoms with Crippen molar-refractivity contribution in [3.63, 3.8) is 0 Å². The zero-order valence-corrected chi connectivity index (χ0v) is 31.1. The molecule has 3 rings (SSSR count). The third-order valence-corrected chi connectivity index (χ3v) is 8.50. The molecule has 0 aromatic rings. The number of Topliss-reactive ketones (excluding diaryl/α,β-unsaturated/α-hetero) is 3. The van der Waals surface area contributed by atoms with Crippen molar-refractivity contribution >= 4 is 35.3 Å². The van der Waals surface area contributed by atoms with Crippen molar-refractivity contribution in [2.75, 3.05) is 0 Å². The lowest BCUT2D eigenvalue weighted by Crippen LogP contribution is -2.59. The summed E-state index contributed by atoms with van der Waals surface area (Å²) in [7, 11) is 0. The number of carboxylic acids is 3. The van der Waals surface area contributed by atoms with Gasteiger partial charge in [-0.2, -0.15) is 15.2 Å². The molecule has 0 aromatic heterocycles. The molecule has 7 N–H and O–H groups in total.